The van der Waals surface area contributed by atoms with E-state index in [1.165, 1.54) is 69.8 Å². The standard InChI is InChI=1S/C23H34O2/c1-22-11-4-3-5-16(22)6-7-17-19-9-8-18(15-13-21(24)25-14-15)23(19,2)12-10-20(17)22/h13,16-20H,3-12,14H2,1-2H3. The number of hydrogen-bond acceptors (Lipinski definition) is 2. The highest BCUT2D eigenvalue weighted by Crippen LogP contribution is 2.68. The third kappa shape index (κ3) is 2.24. The van der Waals surface area contributed by atoms with E-state index in [-0.39, 0.29) is 5.97 Å². The van der Waals surface area contributed by atoms with Crippen molar-refractivity contribution in [3.8, 4) is 0 Å². The van der Waals surface area contributed by atoms with Crippen LogP contribution in [0.2, 0.25) is 0 Å². The van der Waals surface area contributed by atoms with Crippen molar-refractivity contribution in [2.75, 3.05) is 6.61 Å². The molecule has 0 aromatic heterocycles. The third-order valence-electron chi connectivity index (χ3n) is 9.72. The molecule has 2 nitrogen and oxygen atoms in total. The van der Waals surface area contributed by atoms with E-state index in [2.05, 4.69) is 13.8 Å². The average molecular weight is 343 g/mol. The van der Waals surface area contributed by atoms with Gasteiger partial charge in [-0.05, 0) is 97.4 Å². The summed E-state index contributed by atoms with van der Waals surface area (Å²) in [5, 5.41) is 0. The fourth-order valence-corrected chi connectivity index (χ4v) is 8.49. The lowest BCUT2D eigenvalue weighted by Gasteiger charge is -2.60. The smallest absolute Gasteiger partial charge is 0.331 e. The summed E-state index contributed by atoms with van der Waals surface area (Å²) in [6.45, 7) is 5.79. The van der Waals surface area contributed by atoms with Crippen molar-refractivity contribution >= 4 is 5.97 Å². The molecule has 0 N–H and O–H groups in total. The maximum atomic E-state index is 11.6. The summed E-state index contributed by atoms with van der Waals surface area (Å²) in [4.78, 5) is 11.6. The van der Waals surface area contributed by atoms with Crippen molar-refractivity contribution in [3.05, 3.63) is 11.6 Å². The minimum absolute atomic E-state index is 0.106. The van der Waals surface area contributed by atoms with Gasteiger partial charge in [-0.3, -0.25) is 0 Å². The lowest BCUT2D eigenvalue weighted by Crippen LogP contribution is -2.52. The van der Waals surface area contributed by atoms with Crippen LogP contribution in [0.25, 0.3) is 0 Å². The number of ether oxygens (including phenoxy) is 1. The monoisotopic (exact) mass is 342 g/mol. The number of carbonyl (C=O) groups is 1. The van der Waals surface area contributed by atoms with Crippen LogP contribution in [-0.4, -0.2) is 12.6 Å². The van der Waals surface area contributed by atoms with Gasteiger partial charge in [0.1, 0.15) is 6.61 Å². The molecule has 4 saturated carbocycles. The van der Waals surface area contributed by atoms with Crippen LogP contribution in [0, 0.1) is 40.4 Å². The minimum Gasteiger partial charge on any atom is -0.458 e. The summed E-state index contributed by atoms with van der Waals surface area (Å²) >= 11 is 0. The molecule has 0 saturated heterocycles. The van der Waals surface area contributed by atoms with Crippen molar-refractivity contribution in [1.29, 1.82) is 0 Å². The minimum atomic E-state index is -0.106. The van der Waals surface area contributed by atoms with Crippen molar-refractivity contribution in [2.45, 2.75) is 78.1 Å². The van der Waals surface area contributed by atoms with Crippen molar-refractivity contribution in [3.63, 3.8) is 0 Å². The van der Waals surface area contributed by atoms with Crippen LogP contribution in [0.3, 0.4) is 0 Å². The Hall–Kier alpha value is -0.790. The molecule has 1 heterocycles. The molecule has 0 bridgehead atoms. The number of rotatable bonds is 1. The number of esters is 1. The van der Waals surface area contributed by atoms with Crippen molar-refractivity contribution < 1.29 is 9.53 Å². The largest absolute Gasteiger partial charge is 0.458 e. The van der Waals surface area contributed by atoms with Gasteiger partial charge in [0.05, 0.1) is 0 Å². The summed E-state index contributed by atoms with van der Waals surface area (Å²) in [7, 11) is 0. The zero-order valence-corrected chi connectivity index (χ0v) is 16.1. The summed E-state index contributed by atoms with van der Waals surface area (Å²) in [6.07, 6.45) is 16.2. The molecule has 0 radical (unpaired) electrons. The highest BCUT2D eigenvalue weighted by atomic mass is 16.5. The molecule has 0 amide bonds. The van der Waals surface area contributed by atoms with E-state index in [4.69, 9.17) is 4.74 Å². The van der Waals surface area contributed by atoms with Gasteiger partial charge in [0.25, 0.3) is 0 Å². The van der Waals surface area contributed by atoms with Gasteiger partial charge in [-0.1, -0.05) is 26.7 Å². The second-order valence-electron chi connectivity index (χ2n) is 10.4. The third-order valence-corrected chi connectivity index (χ3v) is 9.72. The van der Waals surface area contributed by atoms with Crippen LogP contribution in [0.15, 0.2) is 11.6 Å². The van der Waals surface area contributed by atoms with E-state index in [0.29, 0.717) is 23.4 Å². The summed E-state index contributed by atoms with van der Waals surface area (Å²) in [6, 6.07) is 0. The lowest BCUT2D eigenvalue weighted by atomic mass is 9.44. The molecular formula is C23H34O2. The van der Waals surface area contributed by atoms with Crippen LogP contribution < -0.4 is 0 Å². The average Bonchev–Trinajstić information content (AvgIpc) is 3.16. The number of fused-ring (bicyclic) bond motifs is 5. The molecule has 0 aromatic rings. The fourth-order valence-electron chi connectivity index (χ4n) is 8.49. The summed E-state index contributed by atoms with van der Waals surface area (Å²) in [5.41, 5.74) is 2.36. The van der Waals surface area contributed by atoms with E-state index in [0.717, 1.165) is 23.7 Å². The Labute approximate surface area is 152 Å². The van der Waals surface area contributed by atoms with Gasteiger partial charge in [0.15, 0.2) is 0 Å². The molecule has 138 valence electrons. The molecule has 7 unspecified atom stereocenters. The van der Waals surface area contributed by atoms with E-state index < -0.39 is 0 Å². The van der Waals surface area contributed by atoms with Crippen LogP contribution in [0.5, 0.6) is 0 Å². The first-order chi connectivity index (χ1) is 12.0. The predicted octanol–water partition coefficient (Wildman–Crippen LogP) is 5.52. The first-order valence-corrected chi connectivity index (χ1v) is 10.9. The zero-order chi connectivity index (χ0) is 17.2. The van der Waals surface area contributed by atoms with Gasteiger partial charge in [-0.25, -0.2) is 4.79 Å². The molecule has 4 fully saturated rings. The Morgan fingerprint density at radius 2 is 1.76 bits per heavy atom. The second kappa shape index (κ2) is 5.60. The molecule has 5 aliphatic rings. The van der Waals surface area contributed by atoms with E-state index in [9.17, 15) is 4.79 Å². The lowest BCUT2D eigenvalue weighted by molar-refractivity contribution is -0.135. The Balaban J connectivity index is 1.43. The van der Waals surface area contributed by atoms with Gasteiger partial charge in [0.2, 0.25) is 0 Å². The van der Waals surface area contributed by atoms with Crippen LogP contribution in [-0.2, 0) is 9.53 Å². The topological polar surface area (TPSA) is 26.3 Å². The molecule has 4 aliphatic carbocycles. The number of cyclic esters (lactones) is 1. The zero-order valence-electron chi connectivity index (χ0n) is 16.1. The fraction of sp³-hybridized carbons (Fsp3) is 0.870. The predicted molar refractivity (Wildman–Crippen MR) is 98.9 cm³/mol. The van der Waals surface area contributed by atoms with Gasteiger partial charge < -0.3 is 4.74 Å². The van der Waals surface area contributed by atoms with E-state index >= 15 is 0 Å². The van der Waals surface area contributed by atoms with E-state index in [1.54, 1.807) is 0 Å². The maximum absolute atomic E-state index is 11.6. The van der Waals surface area contributed by atoms with Gasteiger partial charge in [-0.2, -0.15) is 0 Å². The van der Waals surface area contributed by atoms with Crippen LogP contribution in [0.4, 0.5) is 0 Å². The highest BCUT2D eigenvalue weighted by Gasteiger charge is 2.60. The van der Waals surface area contributed by atoms with Gasteiger partial charge in [0, 0.05) is 6.08 Å². The molecule has 1 aliphatic heterocycles. The van der Waals surface area contributed by atoms with Gasteiger partial charge in [-0.15, -0.1) is 0 Å². The second-order valence-corrected chi connectivity index (χ2v) is 10.4. The first-order valence-electron chi connectivity index (χ1n) is 10.9. The summed E-state index contributed by atoms with van der Waals surface area (Å²) in [5.74, 6) is 4.30. The Morgan fingerprint density at radius 1 is 0.920 bits per heavy atom. The highest BCUT2D eigenvalue weighted by molar-refractivity contribution is 5.85. The quantitative estimate of drug-likeness (QED) is 0.587. The Morgan fingerprint density at radius 3 is 2.56 bits per heavy atom. The molecule has 7 atom stereocenters. The number of hydrogen-bond donors (Lipinski definition) is 0. The van der Waals surface area contributed by atoms with Crippen LogP contribution in [0.1, 0.15) is 78.1 Å². The van der Waals surface area contributed by atoms with Crippen molar-refractivity contribution in [1.82, 2.24) is 0 Å². The molecular weight excluding hydrogens is 308 g/mol. The van der Waals surface area contributed by atoms with Crippen molar-refractivity contribution in [2.24, 2.45) is 40.4 Å². The SMILES string of the molecule is CC12CCCCC1CCC1C2CCC2(C)C(C3=CC(=O)OC3)CCC12. The molecule has 0 aromatic carbocycles. The molecule has 2 heteroatoms. The summed E-state index contributed by atoms with van der Waals surface area (Å²) < 4.78 is 5.26. The van der Waals surface area contributed by atoms with E-state index in [1.807, 2.05) is 6.08 Å². The normalized spacial score (nSPS) is 52.0. The first kappa shape index (κ1) is 16.4. The van der Waals surface area contributed by atoms with Crippen LogP contribution >= 0.6 is 0 Å². The van der Waals surface area contributed by atoms with Gasteiger partial charge >= 0.3 is 5.97 Å². The molecule has 0 spiro atoms. The molecule has 5 rings (SSSR count). The Kier molecular flexibility index (Phi) is 3.67. The maximum Gasteiger partial charge on any atom is 0.331 e. The molecule has 25 heavy (non-hydrogen) atoms. The number of carbonyl (C=O) groups excluding carboxylic acids is 1. The Bertz CT molecular complexity index is 607.